The van der Waals surface area contributed by atoms with Crippen molar-refractivity contribution in [2.75, 3.05) is 18.6 Å². The van der Waals surface area contributed by atoms with Gasteiger partial charge in [0.05, 0.1) is 11.8 Å². The maximum Gasteiger partial charge on any atom is 0.352 e. The first-order valence-corrected chi connectivity index (χ1v) is 12.7. The van der Waals surface area contributed by atoms with Crippen molar-refractivity contribution in [2.24, 2.45) is 5.16 Å². The Balaban J connectivity index is 1.35. The molecule has 0 bridgehead atoms. The number of aliphatic carboxylic acids is 1. The molecule has 190 valence electrons. The number of carbonyl (C=O) groups is 3. The normalized spacial score (nSPS) is 19.3. The Hall–Kier alpha value is -4.24. The zero-order valence-corrected chi connectivity index (χ0v) is 20.9. The quantitative estimate of drug-likeness (QED) is 0.157. The van der Waals surface area contributed by atoms with E-state index in [1.165, 1.54) is 30.0 Å². The molecule has 2 aliphatic rings. The molecule has 1 saturated heterocycles. The third-order valence-electron chi connectivity index (χ3n) is 5.65. The summed E-state index contributed by atoms with van der Waals surface area (Å²) in [5.74, 6) is -1.51. The molecule has 0 aromatic carbocycles. The summed E-state index contributed by atoms with van der Waals surface area (Å²) in [6.45, 7) is 0.250. The lowest BCUT2D eigenvalue weighted by atomic mass is 10.0. The molecular weight excluding hydrogens is 522 g/mol. The minimum absolute atomic E-state index is 0.0881. The van der Waals surface area contributed by atoms with Crippen molar-refractivity contribution in [3.8, 4) is 11.3 Å². The number of anilines is 1. The predicted molar refractivity (Wildman–Crippen MR) is 132 cm³/mol. The van der Waals surface area contributed by atoms with Crippen LogP contribution >= 0.6 is 23.1 Å². The molecule has 3 aromatic rings. The van der Waals surface area contributed by atoms with Crippen molar-refractivity contribution >= 4 is 51.7 Å². The van der Waals surface area contributed by atoms with E-state index in [1.807, 2.05) is 22.9 Å². The highest BCUT2D eigenvalue weighted by Crippen LogP contribution is 2.40. The van der Waals surface area contributed by atoms with Crippen LogP contribution in [-0.4, -0.2) is 67.9 Å². The molecular formula is C22H20N7O6S2+. The first kappa shape index (κ1) is 24.5. The van der Waals surface area contributed by atoms with Crippen LogP contribution in [0.5, 0.6) is 0 Å². The van der Waals surface area contributed by atoms with E-state index >= 15 is 0 Å². The monoisotopic (exact) mass is 542 g/mol. The molecule has 2 atom stereocenters. The number of thioether (sulfide) groups is 1. The third kappa shape index (κ3) is 4.65. The summed E-state index contributed by atoms with van der Waals surface area (Å²) in [4.78, 5) is 48.2. The number of pyridine rings is 1. The number of hydrogen-bond acceptors (Lipinski definition) is 11. The number of nitrogens with zero attached hydrogens (tertiary/aromatic N) is 5. The first-order chi connectivity index (χ1) is 17.9. The summed E-state index contributed by atoms with van der Waals surface area (Å²) in [6, 6.07) is 4.45. The van der Waals surface area contributed by atoms with Crippen LogP contribution in [0.25, 0.3) is 11.3 Å². The highest BCUT2D eigenvalue weighted by Gasteiger charge is 2.54. The first-order valence-electron chi connectivity index (χ1n) is 10.8. The Bertz CT molecular complexity index is 1430. The molecule has 0 radical (unpaired) electrons. The van der Waals surface area contributed by atoms with Crippen molar-refractivity contribution in [1.29, 1.82) is 0 Å². The summed E-state index contributed by atoms with van der Waals surface area (Å²) in [5.41, 5.74) is 6.97. The minimum Gasteiger partial charge on any atom is -0.477 e. The zero-order chi connectivity index (χ0) is 26.1. The average Bonchev–Trinajstić information content (AvgIpc) is 3.57. The van der Waals surface area contributed by atoms with Gasteiger partial charge in [-0.05, 0) is 6.07 Å². The van der Waals surface area contributed by atoms with Gasteiger partial charge in [0.15, 0.2) is 35.5 Å². The minimum atomic E-state index is -1.22. The molecule has 15 heteroatoms. The van der Waals surface area contributed by atoms with Crippen molar-refractivity contribution < 1.29 is 33.4 Å². The molecule has 0 unspecified atom stereocenters. The van der Waals surface area contributed by atoms with Crippen LogP contribution in [0.4, 0.5) is 5.13 Å². The number of amides is 2. The molecule has 2 aliphatic heterocycles. The van der Waals surface area contributed by atoms with Gasteiger partial charge in [-0.25, -0.2) is 14.3 Å². The fourth-order valence-corrected chi connectivity index (χ4v) is 5.94. The number of β-lactam (4-membered cyclic amide) rings is 1. The number of nitrogen functional groups attached to an aromatic ring is 1. The Morgan fingerprint density at radius 1 is 1.43 bits per heavy atom. The Kier molecular flexibility index (Phi) is 6.62. The number of hydrogen-bond donors (Lipinski definition) is 3. The summed E-state index contributed by atoms with van der Waals surface area (Å²) < 4.78 is 7.01. The lowest BCUT2D eigenvalue weighted by Gasteiger charge is -2.49. The highest BCUT2D eigenvalue weighted by molar-refractivity contribution is 8.00. The molecule has 0 saturated carbocycles. The van der Waals surface area contributed by atoms with Crippen LogP contribution in [-0.2, 0) is 25.8 Å². The lowest BCUT2D eigenvalue weighted by Crippen LogP contribution is -2.71. The molecule has 0 aliphatic carbocycles. The number of oxime groups is 1. The van der Waals surface area contributed by atoms with Gasteiger partial charge in [0, 0.05) is 28.8 Å². The predicted octanol–water partition coefficient (Wildman–Crippen LogP) is 0.457. The van der Waals surface area contributed by atoms with Gasteiger partial charge in [0.25, 0.3) is 11.8 Å². The summed E-state index contributed by atoms with van der Waals surface area (Å²) in [7, 11) is 1.28. The van der Waals surface area contributed by atoms with Gasteiger partial charge in [-0.3, -0.25) is 14.5 Å². The lowest BCUT2D eigenvalue weighted by molar-refractivity contribution is -0.688. The molecule has 3 aromatic heterocycles. The van der Waals surface area contributed by atoms with Crippen LogP contribution in [0.15, 0.2) is 63.1 Å². The second-order valence-corrected chi connectivity index (χ2v) is 9.95. The van der Waals surface area contributed by atoms with E-state index in [2.05, 4.69) is 20.6 Å². The summed E-state index contributed by atoms with van der Waals surface area (Å²) >= 11 is 2.49. The van der Waals surface area contributed by atoms with E-state index in [0.717, 1.165) is 16.9 Å². The van der Waals surface area contributed by atoms with Crippen LogP contribution in [0.1, 0.15) is 5.69 Å². The van der Waals surface area contributed by atoms with E-state index in [9.17, 15) is 19.5 Å². The van der Waals surface area contributed by atoms with Gasteiger partial charge in [-0.1, -0.05) is 10.3 Å². The Labute approximate surface area is 217 Å². The molecule has 2 amide bonds. The Morgan fingerprint density at radius 3 is 2.95 bits per heavy atom. The van der Waals surface area contributed by atoms with E-state index in [1.54, 1.807) is 17.6 Å². The maximum atomic E-state index is 13.0. The van der Waals surface area contributed by atoms with E-state index in [4.69, 9.17) is 15.1 Å². The summed E-state index contributed by atoms with van der Waals surface area (Å²) in [6.07, 6.45) is 5.15. The third-order valence-corrected chi connectivity index (χ3v) is 7.67. The fraction of sp³-hybridized carbons (Fsp3) is 0.227. The van der Waals surface area contributed by atoms with Crippen LogP contribution < -0.4 is 15.6 Å². The standard InChI is InChI=1S/C22H19N7O6S2/c1-34-27-15(13-10-37-22(23)25-13)18(30)26-16-19(31)29-17(21(32)33)12(9-36-20(16)29)8-28-6-2-3-11(7-28)14-4-5-24-35-14/h2-7,10,16,20H,8-9H2,1H3,(H3-,23,25,26,30,32,33)/p+1/b27-15-/t16-,20-/m1/s1. The molecule has 5 rings (SSSR count). The number of carboxylic acids is 1. The second-order valence-electron chi connectivity index (χ2n) is 7.95. The van der Waals surface area contributed by atoms with Crippen molar-refractivity contribution in [3.05, 3.63) is 59.1 Å². The summed E-state index contributed by atoms with van der Waals surface area (Å²) in [5, 5.41) is 21.2. The number of thiazole rings is 1. The number of rotatable bonds is 8. The van der Waals surface area contributed by atoms with Crippen LogP contribution in [0.2, 0.25) is 0 Å². The van der Waals surface area contributed by atoms with E-state index < -0.39 is 29.2 Å². The molecule has 4 N–H and O–H groups in total. The molecule has 5 heterocycles. The van der Waals surface area contributed by atoms with Gasteiger partial charge in [-0.2, -0.15) is 0 Å². The van der Waals surface area contributed by atoms with Crippen molar-refractivity contribution in [3.63, 3.8) is 0 Å². The number of nitrogens with two attached hydrogens (primary N) is 1. The molecule has 0 spiro atoms. The number of aromatic nitrogens is 3. The Morgan fingerprint density at radius 2 is 2.27 bits per heavy atom. The van der Waals surface area contributed by atoms with E-state index in [-0.39, 0.29) is 28.8 Å². The molecule has 37 heavy (non-hydrogen) atoms. The van der Waals surface area contributed by atoms with Gasteiger partial charge < -0.3 is 25.5 Å². The van der Waals surface area contributed by atoms with E-state index in [0.29, 0.717) is 17.1 Å². The van der Waals surface area contributed by atoms with Gasteiger partial charge >= 0.3 is 5.97 Å². The van der Waals surface area contributed by atoms with Gasteiger partial charge in [-0.15, -0.1) is 23.1 Å². The number of carbonyl (C=O) groups excluding carboxylic acids is 2. The van der Waals surface area contributed by atoms with Crippen LogP contribution in [0.3, 0.4) is 0 Å². The largest absolute Gasteiger partial charge is 0.477 e. The maximum absolute atomic E-state index is 13.0. The number of fused-ring (bicyclic) bond motifs is 1. The van der Waals surface area contributed by atoms with Crippen molar-refractivity contribution in [2.45, 2.75) is 18.0 Å². The van der Waals surface area contributed by atoms with Crippen LogP contribution in [0, 0.1) is 0 Å². The SMILES string of the molecule is CO/N=C(\C(=O)N[C@@H]1C(=O)N2C(C(=O)O)=C(C[n+]3cccc(-c4ccno4)c3)CS[C@H]12)c1csc(N)n1. The fourth-order valence-electron chi connectivity index (χ4n) is 4.06. The number of nitrogens with one attached hydrogen (secondary N) is 1. The molecule has 13 nitrogen and oxygen atoms in total. The zero-order valence-electron chi connectivity index (χ0n) is 19.2. The number of carboxylic acid groups (broad SMARTS) is 1. The van der Waals surface area contributed by atoms with Crippen molar-refractivity contribution in [1.82, 2.24) is 20.4 Å². The molecule has 1 fully saturated rings. The average molecular weight is 543 g/mol. The van der Waals surface area contributed by atoms with Gasteiger partial charge in [0.1, 0.15) is 29.9 Å². The second kappa shape index (κ2) is 10.0. The topological polar surface area (TPSA) is 177 Å². The highest BCUT2D eigenvalue weighted by atomic mass is 32.2. The smallest absolute Gasteiger partial charge is 0.352 e. The van der Waals surface area contributed by atoms with Gasteiger partial charge in [0.2, 0.25) is 0 Å².